The van der Waals surface area contributed by atoms with Crippen LogP contribution in [0.15, 0.2) is 48.8 Å². The number of carbonyl (C=O) groups excluding carboxylic acids is 1. The molecule has 1 N–H and O–H groups in total. The summed E-state index contributed by atoms with van der Waals surface area (Å²) < 4.78 is 14.1. The lowest BCUT2D eigenvalue weighted by Gasteiger charge is -2.35. The Kier molecular flexibility index (Phi) is 9.60. The number of likely N-dealkylation sites (tertiary alicyclic amines) is 2. The van der Waals surface area contributed by atoms with Gasteiger partial charge in [-0.15, -0.1) is 11.3 Å². The monoisotopic (exact) mass is 729 g/mol. The van der Waals surface area contributed by atoms with Crippen molar-refractivity contribution in [1.29, 1.82) is 0 Å². The number of hydrogen-bond acceptors (Lipinski definition) is 8. The van der Waals surface area contributed by atoms with Crippen LogP contribution < -0.4 is 0 Å². The number of aryl methyl sites for hydroxylation is 2. The molecule has 5 aromatic rings. The zero-order valence-corrected chi connectivity index (χ0v) is 31.5. The summed E-state index contributed by atoms with van der Waals surface area (Å²) in [6.45, 7) is 11.0. The summed E-state index contributed by atoms with van der Waals surface area (Å²) in [6, 6.07) is 12.0. The van der Waals surface area contributed by atoms with Gasteiger partial charge in [0.15, 0.2) is 6.10 Å². The first-order valence-corrected chi connectivity index (χ1v) is 18.6. The van der Waals surface area contributed by atoms with Gasteiger partial charge in [-0.05, 0) is 107 Å². The van der Waals surface area contributed by atoms with Gasteiger partial charge in [0.1, 0.15) is 10.7 Å². The number of rotatable bonds is 7. The molecule has 0 aliphatic carbocycles. The van der Waals surface area contributed by atoms with Crippen LogP contribution in [-0.4, -0.2) is 86.4 Å². The highest BCUT2D eigenvalue weighted by molar-refractivity contribution is 7.22. The minimum Gasteiger partial charge on any atom is -0.479 e. The molecule has 51 heavy (non-hydrogen) atoms. The summed E-state index contributed by atoms with van der Waals surface area (Å²) >= 11 is 7.83. The second-order valence-corrected chi connectivity index (χ2v) is 16.2. The summed E-state index contributed by atoms with van der Waals surface area (Å²) in [7, 11) is 3.49. The van der Waals surface area contributed by atoms with E-state index in [1.165, 1.54) is 24.0 Å². The van der Waals surface area contributed by atoms with Gasteiger partial charge in [-0.1, -0.05) is 23.7 Å². The fourth-order valence-corrected chi connectivity index (χ4v) is 9.04. The minimum atomic E-state index is -1.18. The first-order valence-electron chi connectivity index (χ1n) is 17.4. The molecule has 0 spiro atoms. The van der Waals surface area contributed by atoms with E-state index in [1.807, 2.05) is 71.3 Å². The summed E-state index contributed by atoms with van der Waals surface area (Å²) in [4.78, 5) is 39.2. The third-order valence-corrected chi connectivity index (χ3v) is 11.6. The summed E-state index contributed by atoms with van der Waals surface area (Å²) in [6.07, 6.45) is 5.74. The molecular weight excluding hydrogens is 686 g/mol. The van der Waals surface area contributed by atoms with Crippen LogP contribution in [0, 0.1) is 6.92 Å². The van der Waals surface area contributed by atoms with Crippen LogP contribution >= 0.6 is 22.9 Å². The van der Waals surface area contributed by atoms with Crippen LogP contribution in [-0.2, 0) is 21.3 Å². The molecule has 2 fully saturated rings. The van der Waals surface area contributed by atoms with E-state index in [4.69, 9.17) is 31.0 Å². The van der Waals surface area contributed by atoms with E-state index in [9.17, 15) is 14.7 Å². The number of methoxy groups -OCH3 is 1. The molecule has 3 aromatic heterocycles. The highest BCUT2D eigenvalue weighted by atomic mass is 35.5. The average molecular weight is 730 g/mol. The van der Waals surface area contributed by atoms with Gasteiger partial charge in [-0.3, -0.25) is 4.90 Å². The largest absolute Gasteiger partial charge is 0.479 e. The molecule has 5 heterocycles. The zero-order chi connectivity index (χ0) is 36.2. The van der Waals surface area contributed by atoms with Crippen molar-refractivity contribution in [1.82, 2.24) is 24.3 Å². The molecule has 2 saturated heterocycles. The molecular formula is C39H44ClN5O5S. The first kappa shape index (κ1) is 35.4. The molecule has 2 aromatic carbocycles. The van der Waals surface area contributed by atoms with Crippen LogP contribution in [0.1, 0.15) is 68.7 Å². The Labute approximate surface area is 306 Å². The lowest BCUT2D eigenvalue weighted by atomic mass is 9.88. The molecule has 2 atom stereocenters. The topological polar surface area (TPSA) is 110 Å². The molecule has 2 aliphatic rings. The second kappa shape index (κ2) is 13.8. The van der Waals surface area contributed by atoms with E-state index >= 15 is 0 Å². The number of aromatic nitrogens is 3. The molecule has 12 heteroatoms. The Morgan fingerprint density at radius 3 is 2.45 bits per heavy atom. The second-order valence-electron chi connectivity index (χ2n) is 14.8. The Morgan fingerprint density at radius 1 is 1.06 bits per heavy atom. The van der Waals surface area contributed by atoms with Gasteiger partial charge < -0.3 is 24.0 Å². The number of ether oxygens (including phenoxy) is 2. The summed E-state index contributed by atoms with van der Waals surface area (Å²) in [5.41, 5.74) is 6.31. The number of amides is 1. The Bertz CT molecular complexity index is 2110. The van der Waals surface area contributed by atoms with E-state index in [0.717, 1.165) is 94.0 Å². The zero-order valence-electron chi connectivity index (χ0n) is 29.9. The van der Waals surface area contributed by atoms with E-state index in [0.29, 0.717) is 22.5 Å². The number of piperidine rings is 1. The number of pyridine rings is 1. The predicted octanol–water partition coefficient (Wildman–Crippen LogP) is 8.44. The molecule has 0 saturated carbocycles. The number of aliphatic carboxylic acids is 1. The number of nitrogens with zero attached hydrogens (tertiary/aromatic N) is 5. The van der Waals surface area contributed by atoms with Gasteiger partial charge in [-0.25, -0.2) is 19.6 Å². The Balaban J connectivity index is 1.24. The molecule has 2 aliphatic heterocycles. The highest BCUT2D eigenvalue weighted by Crippen LogP contribution is 2.45. The number of hydrogen-bond donors (Lipinski definition) is 1. The lowest BCUT2D eigenvalue weighted by Crippen LogP contribution is -2.43. The van der Waals surface area contributed by atoms with E-state index in [1.54, 1.807) is 4.90 Å². The average Bonchev–Trinajstić information content (AvgIpc) is 3.84. The number of halogens is 1. The molecule has 1 amide bonds. The Morgan fingerprint density at radius 2 is 1.78 bits per heavy atom. The maximum atomic E-state index is 12.8. The number of thiazole rings is 1. The van der Waals surface area contributed by atoms with Crippen molar-refractivity contribution in [3.8, 4) is 21.7 Å². The highest BCUT2D eigenvalue weighted by Gasteiger charge is 2.35. The van der Waals surface area contributed by atoms with E-state index in [2.05, 4.69) is 21.7 Å². The van der Waals surface area contributed by atoms with Crippen LogP contribution in [0.2, 0.25) is 5.02 Å². The van der Waals surface area contributed by atoms with Crippen molar-refractivity contribution >= 4 is 56.3 Å². The molecule has 0 radical (unpaired) electrons. The molecule has 0 bridgehead atoms. The third-order valence-electron chi connectivity index (χ3n) is 10.2. The molecule has 10 nitrogen and oxygen atoms in total. The van der Waals surface area contributed by atoms with Crippen molar-refractivity contribution in [3.63, 3.8) is 0 Å². The van der Waals surface area contributed by atoms with Crippen molar-refractivity contribution < 1.29 is 24.2 Å². The number of carboxylic acid groups (broad SMARTS) is 1. The van der Waals surface area contributed by atoms with Crippen molar-refractivity contribution in [2.75, 3.05) is 33.3 Å². The number of carbonyl (C=O) groups is 2. The standard InChI is InChI=1S/C39H44ClN5O5S/c1-22-17-30-34(32(24-7-9-26(40)10-8-24)31(22)33(37(46)47)50-39(2,3)4)51-36(42-30)25-18-28-29(21-43(5)35(28)41-19-25)23-11-14-44(15-12-23)27-13-16-45(20-27)38(48)49-6/h7-10,17-19,21,23,27,33H,11-16,20H2,1-6H3,(H,46,47)/t27-,33+/m1/s1. The number of benzene rings is 2. The van der Waals surface area contributed by atoms with Crippen molar-refractivity contribution in [2.24, 2.45) is 7.05 Å². The molecule has 7 rings (SSSR count). The Hall–Kier alpha value is -4.03. The van der Waals surface area contributed by atoms with Crippen LogP contribution in [0.4, 0.5) is 4.79 Å². The number of fused-ring (bicyclic) bond motifs is 2. The third kappa shape index (κ3) is 6.96. The van der Waals surface area contributed by atoms with Gasteiger partial charge in [0.05, 0.1) is 22.9 Å². The minimum absolute atomic E-state index is 0.240. The SMILES string of the molecule is COC(=O)N1CC[C@@H](N2CCC(c3cn(C)c4ncc(-c5nc6cc(C)c([C@H](OC(C)(C)C)C(=O)O)c(-c7ccc(Cl)cc7)c6s5)cc34)CC2)C1. The van der Waals surface area contributed by atoms with Gasteiger partial charge in [-0.2, -0.15) is 0 Å². The van der Waals surface area contributed by atoms with Gasteiger partial charge in [0, 0.05) is 65.7 Å². The van der Waals surface area contributed by atoms with Crippen LogP contribution in [0.3, 0.4) is 0 Å². The summed E-state index contributed by atoms with van der Waals surface area (Å²) in [5, 5.41) is 13.0. The van der Waals surface area contributed by atoms with E-state index in [-0.39, 0.29) is 6.09 Å². The molecule has 0 unspecified atom stereocenters. The maximum Gasteiger partial charge on any atom is 0.409 e. The van der Waals surface area contributed by atoms with Crippen molar-refractivity contribution in [3.05, 3.63) is 70.5 Å². The smallest absolute Gasteiger partial charge is 0.409 e. The van der Waals surface area contributed by atoms with Crippen molar-refractivity contribution in [2.45, 2.75) is 70.6 Å². The quantitative estimate of drug-likeness (QED) is 0.178. The normalized spacial score (nSPS) is 18.2. The maximum absolute atomic E-state index is 12.8. The van der Waals surface area contributed by atoms with Gasteiger partial charge >= 0.3 is 12.1 Å². The summed E-state index contributed by atoms with van der Waals surface area (Å²) in [5.74, 6) is -0.649. The van der Waals surface area contributed by atoms with Gasteiger partial charge in [0.25, 0.3) is 0 Å². The molecule has 268 valence electrons. The lowest BCUT2D eigenvalue weighted by molar-refractivity contribution is -0.160. The first-order chi connectivity index (χ1) is 24.3. The fourth-order valence-electron chi connectivity index (χ4n) is 7.81. The van der Waals surface area contributed by atoms with Crippen LogP contribution in [0.5, 0.6) is 0 Å². The fraction of sp³-hybridized carbons (Fsp3) is 0.436. The predicted molar refractivity (Wildman–Crippen MR) is 202 cm³/mol. The van der Waals surface area contributed by atoms with Crippen LogP contribution in [0.25, 0.3) is 42.9 Å². The van der Waals surface area contributed by atoms with Gasteiger partial charge in [0.2, 0.25) is 0 Å². The number of carboxylic acids is 1. The van der Waals surface area contributed by atoms with E-state index < -0.39 is 17.7 Å².